The Bertz CT molecular complexity index is 334. The molecule has 0 heterocycles. The highest BCUT2D eigenvalue weighted by Crippen LogP contribution is 2.14. The van der Waals surface area contributed by atoms with Gasteiger partial charge in [-0.25, -0.2) is 0 Å². The van der Waals surface area contributed by atoms with Crippen LogP contribution in [0.3, 0.4) is 0 Å². The Kier molecular flexibility index (Phi) is 3.57. The molecular formula is C10H13F3N2. The number of nitrogen functional groups attached to an aromatic ring is 1. The fraction of sp³-hybridized carbons (Fsp3) is 0.400. The number of hydrogen-bond acceptors (Lipinski definition) is 2. The van der Waals surface area contributed by atoms with Crippen molar-refractivity contribution in [1.82, 2.24) is 5.32 Å². The molecule has 0 aliphatic rings. The Morgan fingerprint density at radius 3 is 2.53 bits per heavy atom. The third-order valence-corrected chi connectivity index (χ3v) is 1.99. The van der Waals surface area contributed by atoms with Crippen molar-refractivity contribution in [2.45, 2.75) is 19.6 Å². The molecule has 0 atom stereocenters. The van der Waals surface area contributed by atoms with Crippen LogP contribution in [0.25, 0.3) is 0 Å². The van der Waals surface area contributed by atoms with E-state index >= 15 is 0 Å². The van der Waals surface area contributed by atoms with E-state index in [4.69, 9.17) is 5.73 Å². The molecule has 0 radical (unpaired) electrons. The van der Waals surface area contributed by atoms with Crippen molar-refractivity contribution < 1.29 is 13.2 Å². The molecule has 0 aromatic heterocycles. The Labute approximate surface area is 86.3 Å². The first kappa shape index (κ1) is 11.8. The van der Waals surface area contributed by atoms with Crippen LogP contribution in [0.2, 0.25) is 0 Å². The maximum Gasteiger partial charge on any atom is 0.401 e. The molecule has 84 valence electrons. The summed E-state index contributed by atoms with van der Waals surface area (Å²) in [5.41, 5.74) is 7.91. The van der Waals surface area contributed by atoms with Crippen molar-refractivity contribution in [3.63, 3.8) is 0 Å². The fourth-order valence-corrected chi connectivity index (χ4v) is 1.20. The molecular weight excluding hydrogens is 205 g/mol. The number of hydrogen-bond donors (Lipinski definition) is 2. The molecule has 0 aliphatic heterocycles. The highest BCUT2D eigenvalue weighted by Gasteiger charge is 2.25. The molecule has 5 heteroatoms. The van der Waals surface area contributed by atoms with Gasteiger partial charge in [0.05, 0.1) is 6.54 Å². The quantitative estimate of drug-likeness (QED) is 0.763. The average molecular weight is 218 g/mol. The molecule has 1 aromatic rings. The molecule has 1 rings (SSSR count). The van der Waals surface area contributed by atoms with Gasteiger partial charge in [-0.2, -0.15) is 13.2 Å². The van der Waals surface area contributed by atoms with Crippen LogP contribution in [0, 0.1) is 6.92 Å². The molecule has 0 unspecified atom stereocenters. The largest absolute Gasteiger partial charge is 0.401 e. The van der Waals surface area contributed by atoms with E-state index < -0.39 is 12.7 Å². The van der Waals surface area contributed by atoms with Crippen molar-refractivity contribution in [3.05, 3.63) is 29.3 Å². The minimum atomic E-state index is -4.16. The summed E-state index contributed by atoms with van der Waals surface area (Å²) in [6.45, 7) is 1.04. The van der Waals surface area contributed by atoms with Crippen LogP contribution >= 0.6 is 0 Å². The van der Waals surface area contributed by atoms with E-state index in [1.165, 1.54) is 0 Å². The summed E-state index contributed by atoms with van der Waals surface area (Å²) in [4.78, 5) is 0. The second-order valence-electron chi connectivity index (χ2n) is 3.41. The van der Waals surface area contributed by atoms with Crippen LogP contribution in [-0.2, 0) is 6.54 Å². The summed E-state index contributed by atoms with van der Waals surface area (Å²) in [6, 6.07) is 5.18. The van der Waals surface area contributed by atoms with Crippen molar-refractivity contribution in [2.75, 3.05) is 12.3 Å². The zero-order valence-corrected chi connectivity index (χ0v) is 8.36. The smallest absolute Gasteiger partial charge is 0.399 e. The molecule has 0 saturated carbocycles. The van der Waals surface area contributed by atoms with Crippen LogP contribution in [0.1, 0.15) is 11.1 Å². The lowest BCUT2D eigenvalue weighted by Gasteiger charge is -2.09. The maximum absolute atomic E-state index is 11.8. The van der Waals surface area contributed by atoms with Crippen LogP contribution in [0.5, 0.6) is 0 Å². The average Bonchev–Trinajstić information content (AvgIpc) is 2.09. The summed E-state index contributed by atoms with van der Waals surface area (Å²) in [6.07, 6.45) is -4.16. The summed E-state index contributed by atoms with van der Waals surface area (Å²) < 4.78 is 35.5. The van der Waals surface area contributed by atoms with Gasteiger partial charge in [0.25, 0.3) is 0 Å². The summed E-state index contributed by atoms with van der Waals surface area (Å²) in [5.74, 6) is 0. The normalized spacial score (nSPS) is 11.7. The molecule has 2 nitrogen and oxygen atoms in total. The molecule has 1 aromatic carbocycles. The molecule has 0 amide bonds. The van der Waals surface area contributed by atoms with E-state index in [0.29, 0.717) is 5.69 Å². The van der Waals surface area contributed by atoms with E-state index in [1.54, 1.807) is 18.2 Å². The molecule has 0 bridgehead atoms. The molecule has 0 saturated heterocycles. The lowest BCUT2D eigenvalue weighted by molar-refractivity contribution is -0.125. The van der Waals surface area contributed by atoms with E-state index in [9.17, 15) is 13.2 Å². The van der Waals surface area contributed by atoms with Gasteiger partial charge in [-0.1, -0.05) is 12.1 Å². The lowest BCUT2D eigenvalue weighted by Crippen LogP contribution is -2.28. The fourth-order valence-electron chi connectivity index (χ4n) is 1.20. The predicted molar refractivity (Wildman–Crippen MR) is 53.4 cm³/mol. The number of rotatable bonds is 3. The van der Waals surface area contributed by atoms with Crippen molar-refractivity contribution in [1.29, 1.82) is 0 Å². The minimum Gasteiger partial charge on any atom is -0.399 e. The van der Waals surface area contributed by atoms with Crippen LogP contribution < -0.4 is 11.1 Å². The SMILES string of the molecule is Cc1cc(CNCC(F)(F)F)ccc1N. The second-order valence-corrected chi connectivity index (χ2v) is 3.41. The monoisotopic (exact) mass is 218 g/mol. The van der Waals surface area contributed by atoms with Crippen molar-refractivity contribution >= 4 is 5.69 Å². The van der Waals surface area contributed by atoms with Gasteiger partial charge in [0.15, 0.2) is 0 Å². The van der Waals surface area contributed by atoms with Gasteiger partial charge in [0, 0.05) is 12.2 Å². The first-order valence-electron chi connectivity index (χ1n) is 4.51. The topological polar surface area (TPSA) is 38.0 Å². The molecule has 0 aliphatic carbocycles. The Hall–Kier alpha value is -1.23. The van der Waals surface area contributed by atoms with E-state index in [-0.39, 0.29) is 6.54 Å². The van der Waals surface area contributed by atoms with E-state index in [2.05, 4.69) is 5.32 Å². The number of halogens is 3. The van der Waals surface area contributed by atoms with Gasteiger partial charge in [-0.05, 0) is 24.1 Å². The first-order chi connectivity index (χ1) is 6.88. The predicted octanol–water partition coefficient (Wildman–Crippen LogP) is 2.23. The van der Waals surface area contributed by atoms with Crippen molar-refractivity contribution in [3.8, 4) is 0 Å². The standard InChI is InChI=1S/C10H13F3N2/c1-7-4-8(2-3-9(7)14)5-15-6-10(11,12)13/h2-4,15H,5-6,14H2,1H3. The van der Waals surface area contributed by atoms with Gasteiger partial charge >= 0.3 is 6.18 Å². The highest BCUT2D eigenvalue weighted by molar-refractivity contribution is 5.47. The molecule has 0 spiro atoms. The number of nitrogens with two attached hydrogens (primary N) is 1. The molecule has 3 N–H and O–H groups in total. The number of alkyl halides is 3. The summed E-state index contributed by atoms with van der Waals surface area (Å²) in [7, 11) is 0. The van der Waals surface area contributed by atoms with Crippen LogP contribution in [-0.4, -0.2) is 12.7 Å². The Morgan fingerprint density at radius 1 is 1.33 bits per heavy atom. The number of anilines is 1. The summed E-state index contributed by atoms with van der Waals surface area (Å²) in [5, 5.41) is 2.32. The third kappa shape index (κ3) is 4.20. The number of nitrogens with one attached hydrogen (secondary N) is 1. The number of aryl methyl sites for hydroxylation is 1. The Morgan fingerprint density at radius 2 is 2.00 bits per heavy atom. The molecule has 15 heavy (non-hydrogen) atoms. The highest BCUT2D eigenvalue weighted by atomic mass is 19.4. The minimum absolute atomic E-state index is 0.195. The van der Waals surface area contributed by atoms with Crippen LogP contribution in [0.4, 0.5) is 18.9 Å². The van der Waals surface area contributed by atoms with E-state index in [1.807, 2.05) is 6.92 Å². The first-order valence-corrected chi connectivity index (χ1v) is 4.51. The van der Waals surface area contributed by atoms with Gasteiger partial charge in [-0.15, -0.1) is 0 Å². The van der Waals surface area contributed by atoms with Gasteiger partial charge in [0.1, 0.15) is 0 Å². The second kappa shape index (κ2) is 4.53. The number of benzene rings is 1. The zero-order chi connectivity index (χ0) is 11.5. The van der Waals surface area contributed by atoms with Gasteiger partial charge in [0.2, 0.25) is 0 Å². The third-order valence-electron chi connectivity index (χ3n) is 1.99. The van der Waals surface area contributed by atoms with Gasteiger partial charge in [-0.3, -0.25) is 0 Å². The lowest BCUT2D eigenvalue weighted by atomic mass is 10.1. The van der Waals surface area contributed by atoms with Crippen LogP contribution in [0.15, 0.2) is 18.2 Å². The van der Waals surface area contributed by atoms with E-state index in [0.717, 1.165) is 11.1 Å². The Balaban J connectivity index is 2.48. The summed E-state index contributed by atoms with van der Waals surface area (Å²) >= 11 is 0. The maximum atomic E-state index is 11.8. The van der Waals surface area contributed by atoms with Gasteiger partial charge < -0.3 is 11.1 Å². The van der Waals surface area contributed by atoms with Crippen molar-refractivity contribution in [2.24, 2.45) is 0 Å². The zero-order valence-electron chi connectivity index (χ0n) is 8.36. The molecule has 0 fully saturated rings.